The molecule has 80 valence electrons. The minimum atomic E-state index is -0.705. The Morgan fingerprint density at radius 3 is 2.50 bits per heavy atom. The van der Waals surface area contributed by atoms with E-state index in [1.807, 2.05) is 43.3 Å². The fraction of sp³-hybridized carbons (Fsp3) is 0.0769. The summed E-state index contributed by atoms with van der Waals surface area (Å²) in [5, 5.41) is 8.67. The van der Waals surface area contributed by atoms with Crippen molar-refractivity contribution in [2.45, 2.75) is 6.92 Å². The molecule has 3 heteroatoms. The zero-order valence-corrected chi connectivity index (χ0v) is 8.97. The highest BCUT2D eigenvalue weighted by Crippen LogP contribution is 2.08. The molecule has 1 aromatic rings. The number of carbonyl (C=O) groups is 1. The minimum absolute atomic E-state index is 0.0373. The number of nitrogens with two attached hydrogens (primary N) is 1. The lowest BCUT2D eigenvalue weighted by atomic mass is 10.1. The quantitative estimate of drug-likeness (QED) is 0.473. The highest BCUT2D eigenvalue weighted by molar-refractivity contribution is 5.96. The normalized spacial score (nSPS) is 12.0. The van der Waals surface area contributed by atoms with E-state index in [-0.39, 0.29) is 5.57 Å². The maximum atomic E-state index is 10.8. The first-order valence-electron chi connectivity index (χ1n) is 4.78. The lowest BCUT2D eigenvalue weighted by Crippen LogP contribution is -2.12. The van der Waals surface area contributed by atoms with Gasteiger partial charge in [-0.2, -0.15) is 5.26 Å². The van der Waals surface area contributed by atoms with Crippen molar-refractivity contribution in [1.82, 2.24) is 0 Å². The number of nitriles is 1. The van der Waals surface area contributed by atoms with E-state index in [1.165, 1.54) is 6.08 Å². The third kappa shape index (κ3) is 3.43. The second-order valence-corrected chi connectivity index (χ2v) is 3.33. The Morgan fingerprint density at radius 1 is 1.38 bits per heavy atom. The van der Waals surface area contributed by atoms with E-state index in [0.717, 1.165) is 11.1 Å². The zero-order valence-electron chi connectivity index (χ0n) is 8.97. The van der Waals surface area contributed by atoms with Crippen molar-refractivity contribution in [2.75, 3.05) is 0 Å². The van der Waals surface area contributed by atoms with Gasteiger partial charge in [0.25, 0.3) is 5.91 Å². The summed E-state index contributed by atoms with van der Waals surface area (Å²) in [6, 6.07) is 11.4. The van der Waals surface area contributed by atoms with Crippen LogP contribution in [0.5, 0.6) is 0 Å². The largest absolute Gasteiger partial charge is 0.365 e. The van der Waals surface area contributed by atoms with Crippen LogP contribution < -0.4 is 5.73 Å². The van der Waals surface area contributed by atoms with Gasteiger partial charge in [-0.15, -0.1) is 0 Å². The molecule has 0 heterocycles. The smallest absolute Gasteiger partial charge is 0.259 e. The molecular formula is C13H12N2O. The molecule has 2 N–H and O–H groups in total. The summed E-state index contributed by atoms with van der Waals surface area (Å²) in [4.78, 5) is 10.8. The molecule has 0 aliphatic rings. The first-order valence-corrected chi connectivity index (χ1v) is 4.78. The predicted molar refractivity (Wildman–Crippen MR) is 63.0 cm³/mol. The van der Waals surface area contributed by atoms with Crippen molar-refractivity contribution in [1.29, 1.82) is 5.26 Å². The van der Waals surface area contributed by atoms with Gasteiger partial charge < -0.3 is 5.73 Å². The van der Waals surface area contributed by atoms with Gasteiger partial charge in [-0.05, 0) is 24.1 Å². The van der Waals surface area contributed by atoms with E-state index in [2.05, 4.69) is 0 Å². The van der Waals surface area contributed by atoms with Crippen molar-refractivity contribution in [3.8, 4) is 6.07 Å². The van der Waals surface area contributed by atoms with E-state index in [0.29, 0.717) is 0 Å². The summed E-state index contributed by atoms with van der Waals surface area (Å²) in [7, 11) is 0. The van der Waals surface area contributed by atoms with Gasteiger partial charge in [0, 0.05) is 0 Å². The van der Waals surface area contributed by atoms with Crippen molar-refractivity contribution in [2.24, 2.45) is 5.73 Å². The number of amides is 1. The van der Waals surface area contributed by atoms with E-state index >= 15 is 0 Å². The molecule has 3 nitrogen and oxygen atoms in total. The van der Waals surface area contributed by atoms with E-state index in [9.17, 15) is 4.79 Å². The molecule has 1 aromatic carbocycles. The SMILES string of the molecule is CC(/C=C(/C#N)C(N)=O)=C\c1ccccc1. The number of primary amides is 1. The van der Waals surface area contributed by atoms with Gasteiger partial charge >= 0.3 is 0 Å². The number of nitrogens with zero attached hydrogens (tertiary/aromatic N) is 1. The maximum Gasteiger partial charge on any atom is 0.259 e. The number of benzene rings is 1. The van der Waals surface area contributed by atoms with Crippen LogP contribution in [0.15, 0.2) is 47.6 Å². The van der Waals surface area contributed by atoms with E-state index < -0.39 is 5.91 Å². The molecule has 0 aliphatic heterocycles. The molecule has 16 heavy (non-hydrogen) atoms. The van der Waals surface area contributed by atoms with Crippen LogP contribution in [-0.4, -0.2) is 5.91 Å². The summed E-state index contributed by atoms with van der Waals surface area (Å²) in [5.41, 5.74) is 6.81. The van der Waals surface area contributed by atoms with Crippen LogP contribution in [-0.2, 0) is 4.79 Å². The van der Waals surface area contributed by atoms with Crippen LogP contribution in [0.1, 0.15) is 12.5 Å². The van der Waals surface area contributed by atoms with Gasteiger partial charge in [-0.25, -0.2) is 0 Å². The van der Waals surface area contributed by atoms with Crippen LogP contribution in [0.25, 0.3) is 6.08 Å². The van der Waals surface area contributed by atoms with Crippen molar-refractivity contribution in [3.63, 3.8) is 0 Å². The lowest BCUT2D eigenvalue weighted by Gasteiger charge is -1.96. The third-order valence-electron chi connectivity index (χ3n) is 1.95. The second-order valence-electron chi connectivity index (χ2n) is 3.33. The fourth-order valence-electron chi connectivity index (χ4n) is 1.24. The van der Waals surface area contributed by atoms with Crippen LogP contribution in [0.4, 0.5) is 0 Å². The highest BCUT2D eigenvalue weighted by Gasteiger charge is 2.02. The average molecular weight is 212 g/mol. The van der Waals surface area contributed by atoms with Crippen molar-refractivity contribution >= 4 is 12.0 Å². The molecule has 0 aromatic heterocycles. The van der Waals surface area contributed by atoms with E-state index in [4.69, 9.17) is 11.0 Å². The number of hydrogen-bond acceptors (Lipinski definition) is 2. The molecule has 0 aliphatic carbocycles. The van der Waals surface area contributed by atoms with Crippen LogP contribution in [0.2, 0.25) is 0 Å². The Hall–Kier alpha value is -2.34. The number of hydrogen-bond donors (Lipinski definition) is 1. The van der Waals surface area contributed by atoms with Crippen molar-refractivity contribution in [3.05, 3.63) is 53.1 Å². The van der Waals surface area contributed by atoms with Gasteiger partial charge in [0.15, 0.2) is 0 Å². The molecule has 0 fully saturated rings. The zero-order chi connectivity index (χ0) is 12.0. The molecule has 0 saturated heterocycles. The van der Waals surface area contributed by atoms with Crippen LogP contribution in [0, 0.1) is 11.3 Å². The van der Waals surface area contributed by atoms with Crippen molar-refractivity contribution < 1.29 is 4.79 Å². The molecular weight excluding hydrogens is 200 g/mol. The second kappa shape index (κ2) is 5.52. The standard InChI is InChI=1S/C13H12N2O/c1-10(8-12(9-14)13(15)16)7-11-5-3-2-4-6-11/h2-8H,1H3,(H2,15,16)/b10-7+,12-8-. The summed E-state index contributed by atoms with van der Waals surface area (Å²) in [6.07, 6.45) is 3.36. The highest BCUT2D eigenvalue weighted by atomic mass is 16.1. The summed E-state index contributed by atoms with van der Waals surface area (Å²) in [6.45, 7) is 1.81. The molecule has 0 atom stereocenters. The van der Waals surface area contributed by atoms with Gasteiger partial charge in [0.2, 0.25) is 0 Å². The van der Waals surface area contributed by atoms with Gasteiger partial charge in [0.1, 0.15) is 11.6 Å². The van der Waals surface area contributed by atoms with Gasteiger partial charge in [-0.1, -0.05) is 36.4 Å². The van der Waals surface area contributed by atoms with Crippen LogP contribution in [0.3, 0.4) is 0 Å². The predicted octanol–water partition coefficient (Wildman–Crippen LogP) is 2.03. The Morgan fingerprint density at radius 2 is 2.00 bits per heavy atom. The third-order valence-corrected chi connectivity index (χ3v) is 1.95. The van der Waals surface area contributed by atoms with E-state index in [1.54, 1.807) is 6.07 Å². The molecule has 0 unspecified atom stereocenters. The number of carbonyl (C=O) groups excluding carboxylic acids is 1. The summed E-state index contributed by atoms with van der Waals surface area (Å²) < 4.78 is 0. The first-order chi connectivity index (χ1) is 7.63. The first kappa shape index (κ1) is 11.7. The monoisotopic (exact) mass is 212 g/mol. The van der Waals surface area contributed by atoms with Gasteiger partial charge in [-0.3, -0.25) is 4.79 Å². The lowest BCUT2D eigenvalue weighted by molar-refractivity contribution is -0.114. The summed E-state index contributed by atoms with van der Waals surface area (Å²) >= 11 is 0. The van der Waals surface area contributed by atoms with Gasteiger partial charge in [0.05, 0.1) is 0 Å². The molecule has 1 amide bonds. The molecule has 0 radical (unpaired) electrons. The Balaban J connectivity index is 2.96. The molecule has 0 spiro atoms. The average Bonchev–Trinajstić information content (AvgIpc) is 2.27. The number of rotatable bonds is 3. The number of allylic oxidation sites excluding steroid dienone is 2. The molecule has 1 rings (SSSR count). The Labute approximate surface area is 94.5 Å². The molecule has 0 bridgehead atoms. The summed E-state index contributed by atoms with van der Waals surface area (Å²) in [5.74, 6) is -0.705. The fourth-order valence-corrected chi connectivity index (χ4v) is 1.24. The van der Waals surface area contributed by atoms with Crippen LogP contribution >= 0.6 is 0 Å². The topological polar surface area (TPSA) is 66.9 Å². The Kier molecular flexibility index (Phi) is 4.05. The minimum Gasteiger partial charge on any atom is -0.365 e. The Bertz CT molecular complexity index is 478. The maximum absolute atomic E-state index is 10.8. The molecule has 0 saturated carbocycles.